The van der Waals surface area contributed by atoms with Crippen LogP contribution in [0.5, 0.6) is 5.75 Å². The highest BCUT2D eigenvalue weighted by molar-refractivity contribution is 6.00. The summed E-state index contributed by atoms with van der Waals surface area (Å²) in [6, 6.07) is 14.1. The van der Waals surface area contributed by atoms with E-state index in [1.807, 2.05) is 43.3 Å². The predicted octanol–water partition coefficient (Wildman–Crippen LogP) is 3.57. The van der Waals surface area contributed by atoms with E-state index in [1.165, 1.54) is 0 Å². The maximum Gasteiger partial charge on any atom is 0.156 e. The van der Waals surface area contributed by atoms with Crippen molar-refractivity contribution in [2.45, 2.75) is 38.8 Å². The average Bonchev–Trinajstić information content (AvgIpc) is 2.74. The number of rotatable bonds is 5. The molecule has 2 heterocycles. The van der Waals surface area contributed by atoms with E-state index in [9.17, 15) is 10.2 Å². The molecule has 0 radical (unpaired) electrons. The third-order valence-electron chi connectivity index (χ3n) is 5.78. The van der Waals surface area contributed by atoms with Gasteiger partial charge in [0.15, 0.2) is 5.82 Å². The van der Waals surface area contributed by atoms with Crippen molar-refractivity contribution in [3.05, 3.63) is 48.0 Å². The Kier molecular flexibility index (Phi) is 5.65. The highest BCUT2D eigenvalue weighted by Gasteiger charge is 2.24. The van der Waals surface area contributed by atoms with Crippen molar-refractivity contribution < 1.29 is 10.2 Å². The number of phenols is 1. The molecule has 4 rings (SSSR count). The van der Waals surface area contributed by atoms with Crippen molar-refractivity contribution in [2.24, 2.45) is 0 Å². The summed E-state index contributed by atoms with van der Waals surface area (Å²) in [5.41, 5.74) is 2.37. The third-order valence-corrected chi connectivity index (χ3v) is 5.78. The van der Waals surface area contributed by atoms with Gasteiger partial charge >= 0.3 is 0 Å². The summed E-state index contributed by atoms with van der Waals surface area (Å²) in [5, 5.41) is 34.4. The molecule has 0 spiro atoms. The maximum atomic E-state index is 10.4. The highest BCUT2D eigenvalue weighted by Crippen LogP contribution is 2.35. The fourth-order valence-corrected chi connectivity index (χ4v) is 4.08. The molecule has 0 bridgehead atoms. The number of aromatic hydroxyl groups is 1. The van der Waals surface area contributed by atoms with Crippen LogP contribution < -0.4 is 5.32 Å². The summed E-state index contributed by atoms with van der Waals surface area (Å²) in [7, 11) is 0. The number of anilines is 1. The number of hydrogen-bond acceptors (Lipinski definition) is 6. The number of fused-ring (bicyclic) bond motifs is 1. The topological polar surface area (TPSA) is 81.5 Å². The van der Waals surface area contributed by atoms with Crippen molar-refractivity contribution in [3.63, 3.8) is 0 Å². The second kappa shape index (κ2) is 8.35. The molecule has 3 N–H and O–H groups in total. The first-order chi connectivity index (χ1) is 14.1. The van der Waals surface area contributed by atoms with Gasteiger partial charge in [-0.05, 0) is 50.9 Å². The number of nitrogens with one attached hydrogen (secondary N) is 1. The van der Waals surface area contributed by atoms with Gasteiger partial charge in [-0.1, -0.05) is 30.3 Å². The molecule has 0 amide bonds. The second-order valence-corrected chi connectivity index (χ2v) is 7.97. The number of likely N-dealkylation sites (tertiary alicyclic amines) is 1. The summed E-state index contributed by atoms with van der Waals surface area (Å²) in [6.07, 6.45) is 2.15. The second-order valence-electron chi connectivity index (χ2n) is 7.97. The van der Waals surface area contributed by atoms with Crippen molar-refractivity contribution in [2.75, 3.05) is 25.0 Å². The zero-order valence-corrected chi connectivity index (χ0v) is 17.0. The van der Waals surface area contributed by atoms with E-state index >= 15 is 0 Å². The van der Waals surface area contributed by atoms with Crippen LogP contribution in [0.4, 0.5) is 5.82 Å². The van der Waals surface area contributed by atoms with Gasteiger partial charge in [-0.2, -0.15) is 0 Å². The molecule has 1 aliphatic rings. The number of phenolic OH excluding ortho intramolecular Hbond substituents is 1. The number of benzene rings is 2. The minimum absolute atomic E-state index is 0.161. The lowest BCUT2D eigenvalue weighted by atomic mass is 10.0. The Hall–Kier alpha value is -2.70. The van der Waals surface area contributed by atoms with E-state index in [2.05, 4.69) is 27.3 Å². The van der Waals surface area contributed by atoms with Crippen molar-refractivity contribution >= 4 is 16.6 Å². The molecule has 0 saturated carbocycles. The maximum absolute atomic E-state index is 10.4. The molecule has 0 aliphatic carbocycles. The molecule has 1 aliphatic heterocycles. The minimum Gasteiger partial charge on any atom is -0.507 e. The molecular weight excluding hydrogens is 364 g/mol. The summed E-state index contributed by atoms with van der Waals surface area (Å²) < 4.78 is 0. The number of hydrogen-bond donors (Lipinski definition) is 3. The van der Waals surface area contributed by atoms with Crippen molar-refractivity contribution in [3.8, 4) is 17.0 Å². The van der Waals surface area contributed by atoms with Gasteiger partial charge in [0.2, 0.25) is 0 Å². The number of aromatic nitrogens is 2. The summed E-state index contributed by atoms with van der Waals surface area (Å²) in [4.78, 5) is 2.31. The zero-order valence-electron chi connectivity index (χ0n) is 17.0. The molecule has 1 fully saturated rings. The fourth-order valence-electron chi connectivity index (χ4n) is 4.08. The number of nitrogens with zero attached hydrogens (tertiary/aromatic N) is 3. The fraction of sp³-hybridized carbons (Fsp3) is 0.391. The van der Waals surface area contributed by atoms with Gasteiger partial charge in [-0.25, -0.2) is 0 Å². The first-order valence-corrected chi connectivity index (χ1v) is 10.2. The van der Waals surface area contributed by atoms with Gasteiger partial charge in [0.05, 0.1) is 6.61 Å². The van der Waals surface area contributed by atoms with Crippen LogP contribution in [-0.4, -0.2) is 57.1 Å². The molecule has 1 aromatic heterocycles. The molecule has 2 unspecified atom stereocenters. The third kappa shape index (κ3) is 4.04. The van der Waals surface area contributed by atoms with Gasteiger partial charge in [0.25, 0.3) is 0 Å². The quantitative estimate of drug-likeness (QED) is 0.616. The summed E-state index contributed by atoms with van der Waals surface area (Å²) >= 11 is 0. The van der Waals surface area contributed by atoms with E-state index in [0.29, 0.717) is 11.3 Å². The van der Waals surface area contributed by atoms with Gasteiger partial charge in [0, 0.05) is 35.0 Å². The van der Waals surface area contributed by atoms with Crippen LogP contribution in [0.1, 0.15) is 25.3 Å². The molecule has 2 atom stereocenters. The molecule has 29 heavy (non-hydrogen) atoms. The Balaban J connectivity index is 1.67. The Bertz CT molecular complexity index is 1010. The van der Waals surface area contributed by atoms with E-state index in [-0.39, 0.29) is 24.4 Å². The Morgan fingerprint density at radius 2 is 1.97 bits per heavy atom. The Labute approximate surface area is 171 Å². The number of aryl methyl sites for hydroxylation is 1. The van der Waals surface area contributed by atoms with Crippen LogP contribution in [0.15, 0.2) is 42.5 Å². The largest absolute Gasteiger partial charge is 0.507 e. The smallest absolute Gasteiger partial charge is 0.156 e. The number of aliphatic hydroxyl groups is 1. The number of piperidine rings is 1. The lowest BCUT2D eigenvalue weighted by molar-refractivity contribution is 0.110. The summed E-state index contributed by atoms with van der Waals surface area (Å²) in [5.74, 6) is 0.977. The Morgan fingerprint density at radius 3 is 2.72 bits per heavy atom. The zero-order chi connectivity index (χ0) is 20.4. The predicted molar refractivity (Wildman–Crippen MR) is 116 cm³/mol. The van der Waals surface area contributed by atoms with Crippen molar-refractivity contribution in [1.29, 1.82) is 0 Å². The summed E-state index contributed by atoms with van der Waals surface area (Å²) in [6.45, 7) is 6.06. The molecular formula is C23H28N4O2. The van der Waals surface area contributed by atoms with Crippen LogP contribution >= 0.6 is 0 Å². The van der Waals surface area contributed by atoms with Crippen LogP contribution in [0.25, 0.3) is 22.0 Å². The lowest BCUT2D eigenvalue weighted by Crippen LogP contribution is -2.47. The molecule has 1 saturated heterocycles. The lowest BCUT2D eigenvalue weighted by Gasteiger charge is -2.36. The van der Waals surface area contributed by atoms with Crippen LogP contribution in [-0.2, 0) is 0 Å². The van der Waals surface area contributed by atoms with Gasteiger partial charge in [-0.15, -0.1) is 10.2 Å². The first kappa shape index (κ1) is 19.6. The molecule has 6 heteroatoms. The standard InChI is InChI=1S/C23H28N4O2/c1-15-9-10-20(21(29)12-15)22-18-7-3-4-8-19(18)23(26-25-22)24-17-6-5-11-27(13-17)16(2)14-28/h3-4,7-10,12,16-17,28-29H,5-6,11,13-14H2,1-2H3,(H,24,26). The van der Waals surface area contributed by atoms with E-state index in [0.717, 1.165) is 48.1 Å². The monoisotopic (exact) mass is 392 g/mol. The molecule has 6 nitrogen and oxygen atoms in total. The average molecular weight is 393 g/mol. The Morgan fingerprint density at radius 1 is 1.17 bits per heavy atom. The van der Waals surface area contributed by atoms with Gasteiger partial charge < -0.3 is 15.5 Å². The highest BCUT2D eigenvalue weighted by atomic mass is 16.3. The van der Waals surface area contributed by atoms with Gasteiger partial charge in [-0.3, -0.25) is 4.90 Å². The SMILES string of the molecule is Cc1ccc(-c2nnc(NC3CCCN(C(C)CO)C3)c3ccccc23)c(O)c1. The van der Waals surface area contributed by atoms with E-state index in [1.54, 1.807) is 6.07 Å². The van der Waals surface area contributed by atoms with Gasteiger partial charge in [0.1, 0.15) is 11.4 Å². The number of aliphatic hydroxyl groups excluding tert-OH is 1. The molecule has 2 aromatic carbocycles. The minimum atomic E-state index is 0.161. The van der Waals surface area contributed by atoms with Crippen LogP contribution in [0.3, 0.4) is 0 Å². The van der Waals surface area contributed by atoms with E-state index < -0.39 is 0 Å². The van der Waals surface area contributed by atoms with E-state index in [4.69, 9.17) is 0 Å². The molecule has 3 aromatic rings. The van der Waals surface area contributed by atoms with Crippen LogP contribution in [0, 0.1) is 6.92 Å². The molecule has 152 valence electrons. The van der Waals surface area contributed by atoms with Crippen molar-refractivity contribution in [1.82, 2.24) is 15.1 Å². The van der Waals surface area contributed by atoms with Crippen LogP contribution in [0.2, 0.25) is 0 Å². The normalized spacial score (nSPS) is 18.7. The first-order valence-electron chi connectivity index (χ1n) is 10.2.